The van der Waals surface area contributed by atoms with Gasteiger partial charge in [-0.25, -0.2) is 0 Å². The fourth-order valence-corrected chi connectivity index (χ4v) is 3.83. The molecule has 0 radical (unpaired) electrons. The predicted octanol–water partition coefficient (Wildman–Crippen LogP) is 2.05. The summed E-state index contributed by atoms with van der Waals surface area (Å²) in [6, 6.07) is 9.89. The molecule has 0 atom stereocenters. The van der Waals surface area contributed by atoms with Crippen LogP contribution in [0.25, 0.3) is 0 Å². The number of benzene rings is 1. The number of carbonyl (C=O) groups excluding carboxylic acids is 3. The van der Waals surface area contributed by atoms with Crippen LogP contribution in [-0.2, 0) is 20.8 Å². The fraction of sp³-hybridized carbons (Fsp3) is 0.526. The minimum atomic E-state index is -0.514. The topological polar surface area (TPSA) is 66.5 Å². The molecule has 1 aromatic carbocycles. The Morgan fingerprint density at radius 2 is 1.79 bits per heavy atom. The van der Waals surface area contributed by atoms with E-state index in [1.165, 1.54) is 4.90 Å². The van der Waals surface area contributed by atoms with Crippen LogP contribution in [0, 0.1) is 5.41 Å². The van der Waals surface area contributed by atoms with E-state index >= 15 is 0 Å². The van der Waals surface area contributed by atoms with Crippen molar-refractivity contribution in [3.63, 3.8) is 0 Å². The largest absolute Gasteiger partial charge is 0.354 e. The van der Waals surface area contributed by atoms with E-state index in [1.807, 2.05) is 30.3 Å². The maximum absolute atomic E-state index is 12.6. The molecular weight excluding hydrogens is 304 g/mol. The molecule has 0 bridgehead atoms. The van der Waals surface area contributed by atoms with Gasteiger partial charge in [0, 0.05) is 13.0 Å². The Morgan fingerprint density at radius 1 is 1.08 bits per heavy atom. The Labute approximate surface area is 142 Å². The van der Waals surface area contributed by atoms with Crippen LogP contribution < -0.4 is 5.32 Å². The zero-order valence-corrected chi connectivity index (χ0v) is 13.9. The number of likely N-dealkylation sites (tertiary alicyclic amines) is 1. The van der Waals surface area contributed by atoms with Crippen molar-refractivity contribution >= 4 is 17.7 Å². The Balaban J connectivity index is 1.50. The molecule has 5 nitrogen and oxygen atoms in total. The van der Waals surface area contributed by atoms with Gasteiger partial charge < -0.3 is 5.32 Å². The summed E-state index contributed by atoms with van der Waals surface area (Å²) < 4.78 is 0. The summed E-state index contributed by atoms with van der Waals surface area (Å²) >= 11 is 0. The van der Waals surface area contributed by atoms with Gasteiger partial charge in [-0.1, -0.05) is 49.6 Å². The summed E-state index contributed by atoms with van der Waals surface area (Å²) in [6.45, 7) is 0.360. The molecule has 2 aliphatic rings. The van der Waals surface area contributed by atoms with E-state index in [9.17, 15) is 14.4 Å². The monoisotopic (exact) mass is 328 g/mol. The lowest BCUT2D eigenvalue weighted by molar-refractivity contribution is -0.145. The van der Waals surface area contributed by atoms with Crippen LogP contribution in [0.1, 0.15) is 44.1 Å². The molecule has 1 aromatic rings. The second-order valence-corrected chi connectivity index (χ2v) is 6.89. The molecule has 5 heteroatoms. The molecule has 1 saturated carbocycles. The van der Waals surface area contributed by atoms with Crippen LogP contribution in [-0.4, -0.2) is 35.7 Å². The van der Waals surface area contributed by atoms with Crippen LogP contribution in [0.3, 0.4) is 0 Å². The molecule has 24 heavy (non-hydrogen) atoms. The zero-order chi connectivity index (χ0) is 17.0. The van der Waals surface area contributed by atoms with Gasteiger partial charge in [0.1, 0.15) is 6.54 Å². The lowest BCUT2D eigenvalue weighted by atomic mass is 9.73. The van der Waals surface area contributed by atoms with Crippen LogP contribution in [0.15, 0.2) is 30.3 Å². The van der Waals surface area contributed by atoms with Crippen molar-refractivity contribution in [3.05, 3.63) is 35.9 Å². The zero-order valence-electron chi connectivity index (χ0n) is 13.9. The molecule has 1 spiro atoms. The average molecular weight is 328 g/mol. The average Bonchev–Trinajstić information content (AvgIpc) is 2.81. The second-order valence-electron chi connectivity index (χ2n) is 6.89. The second kappa shape index (κ2) is 7.16. The smallest absolute Gasteiger partial charge is 0.240 e. The highest BCUT2D eigenvalue weighted by molar-refractivity contribution is 6.08. The van der Waals surface area contributed by atoms with Gasteiger partial charge in [0.25, 0.3) is 0 Å². The number of hydrogen-bond acceptors (Lipinski definition) is 3. The number of imide groups is 1. The molecular formula is C19H24N2O3. The maximum Gasteiger partial charge on any atom is 0.240 e. The third-order valence-electron chi connectivity index (χ3n) is 5.18. The highest BCUT2D eigenvalue weighted by Gasteiger charge is 2.51. The molecule has 3 amide bonds. The van der Waals surface area contributed by atoms with Gasteiger partial charge in [-0.15, -0.1) is 0 Å². The van der Waals surface area contributed by atoms with Crippen molar-refractivity contribution in [1.82, 2.24) is 10.2 Å². The van der Waals surface area contributed by atoms with Crippen molar-refractivity contribution in [2.75, 3.05) is 13.1 Å². The highest BCUT2D eigenvalue weighted by atomic mass is 16.2. The van der Waals surface area contributed by atoms with Gasteiger partial charge in [0.05, 0.1) is 5.41 Å². The van der Waals surface area contributed by atoms with Crippen LogP contribution in [0.2, 0.25) is 0 Å². The minimum absolute atomic E-state index is 0.134. The summed E-state index contributed by atoms with van der Waals surface area (Å²) in [6.07, 6.45) is 5.70. The normalized spacial score (nSPS) is 19.8. The first-order chi connectivity index (χ1) is 11.6. The highest BCUT2D eigenvalue weighted by Crippen LogP contribution is 2.45. The van der Waals surface area contributed by atoms with Crippen molar-refractivity contribution < 1.29 is 14.4 Å². The summed E-state index contributed by atoms with van der Waals surface area (Å²) in [4.78, 5) is 38.1. The number of carbonyl (C=O) groups is 3. The van der Waals surface area contributed by atoms with E-state index in [0.717, 1.165) is 44.1 Å². The third-order valence-corrected chi connectivity index (χ3v) is 5.18. The first-order valence-corrected chi connectivity index (χ1v) is 8.76. The molecule has 3 rings (SSSR count). The lowest BCUT2D eigenvalue weighted by Gasteiger charge is -2.30. The predicted molar refractivity (Wildman–Crippen MR) is 90.0 cm³/mol. The molecule has 0 aromatic heterocycles. The fourth-order valence-electron chi connectivity index (χ4n) is 3.83. The van der Waals surface area contributed by atoms with E-state index < -0.39 is 5.41 Å². The Morgan fingerprint density at radius 3 is 2.50 bits per heavy atom. The number of rotatable bonds is 5. The standard InChI is InChI=1S/C19H24N2O3/c22-16(20-12-9-15-7-3-1-4-8-15)14-21-17(23)13-19(18(21)24)10-5-2-6-11-19/h1,3-4,7-8H,2,5-6,9-14H2,(H,20,22). The van der Waals surface area contributed by atoms with Gasteiger partial charge in [0.2, 0.25) is 17.7 Å². The van der Waals surface area contributed by atoms with Crippen LogP contribution in [0.5, 0.6) is 0 Å². The minimum Gasteiger partial charge on any atom is -0.354 e. The molecule has 2 fully saturated rings. The first-order valence-electron chi connectivity index (χ1n) is 8.76. The molecule has 0 unspecified atom stereocenters. The maximum atomic E-state index is 12.6. The first kappa shape index (κ1) is 16.7. The summed E-state index contributed by atoms with van der Waals surface area (Å²) in [7, 11) is 0. The Bertz CT molecular complexity index is 621. The lowest BCUT2D eigenvalue weighted by Crippen LogP contribution is -2.43. The van der Waals surface area contributed by atoms with E-state index in [1.54, 1.807) is 0 Å². The van der Waals surface area contributed by atoms with Crippen molar-refractivity contribution in [2.24, 2.45) is 5.41 Å². The van der Waals surface area contributed by atoms with Crippen molar-refractivity contribution in [1.29, 1.82) is 0 Å². The van der Waals surface area contributed by atoms with E-state index in [2.05, 4.69) is 5.32 Å². The summed E-state index contributed by atoms with van der Waals surface area (Å²) in [5.41, 5.74) is 0.631. The Hall–Kier alpha value is -2.17. The van der Waals surface area contributed by atoms with Crippen LogP contribution >= 0.6 is 0 Å². The van der Waals surface area contributed by atoms with Gasteiger partial charge in [-0.05, 0) is 24.8 Å². The van der Waals surface area contributed by atoms with Gasteiger partial charge >= 0.3 is 0 Å². The molecule has 128 valence electrons. The summed E-state index contributed by atoms with van der Waals surface area (Å²) in [5, 5.41) is 2.81. The molecule has 1 saturated heterocycles. The van der Waals surface area contributed by atoms with Crippen LogP contribution in [0.4, 0.5) is 0 Å². The number of nitrogens with one attached hydrogen (secondary N) is 1. The number of nitrogens with zero attached hydrogens (tertiary/aromatic N) is 1. The number of amides is 3. The molecule has 1 N–H and O–H groups in total. The van der Waals surface area contributed by atoms with E-state index in [4.69, 9.17) is 0 Å². The molecule has 1 aliphatic carbocycles. The summed E-state index contributed by atoms with van der Waals surface area (Å²) in [5.74, 6) is -0.592. The van der Waals surface area contributed by atoms with Gasteiger partial charge in [0.15, 0.2) is 0 Å². The Kier molecular flexibility index (Phi) is 4.97. The van der Waals surface area contributed by atoms with Gasteiger partial charge in [-0.3, -0.25) is 19.3 Å². The SMILES string of the molecule is O=C(CN1C(=O)CC2(CCCCC2)C1=O)NCCc1ccccc1. The third kappa shape index (κ3) is 3.50. The van der Waals surface area contributed by atoms with E-state index in [0.29, 0.717) is 6.54 Å². The van der Waals surface area contributed by atoms with Crippen molar-refractivity contribution in [2.45, 2.75) is 44.9 Å². The quantitative estimate of drug-likeness (QED) is 0.841. The van der Waals surface area contributed by atoms with Gasteiger partial charge in [-0.2, -0.15) is 0 Å². The molecule has 1 heterocycles. The molecule has 1 aliphatic heterocycles. The van der Waals surface area contributed by atoms with E-state index in [-0.39, 0.29) is 30.7 Å². The number of hydrogen-bond donors (Lipinski definition) is 1. The van der Waals surface area contributed by atoms with Crippen molar-refractivity contribution in [3.8, 4) is 0 Å².